The highest BCUT2D eigenvalue weighted by atomic mass is 16.1. The van der Waals surface area contributed by atoms with E-state index in [1.807, 2.05) is 38.3 Å². The minimum Gasteiger partial charge on any atom is -0.354 e. The molecule has 0 spiro atoms. The van der Waals surface area contributed by atoms with Gasteiger partial charge in [-0.3, -0.25) is 19.7 Å². The van der Waals surface area contributed by atoms with Crippen molar-refractivity contribution in [2.24, 2.45) is 0 Å². The van der Waals surface area contributed by atoms with Gasteiger partial charge in [0.1, 0.15) is 23.1 Å². The molecule has 0 radical (unpaired) electrons. The highest BCUT2D eigenvalue weighted by Crippen LogP contribution is 2.36. The maximum Gasteiger partial charge on any atom is 0.138 e. The maximum atomic E-state index is 12.8. The first-order chi connectivity index (χ1) is 15.0. The molecule has 1 N–H and O–H groups in total. The van der Waals surface area contributed by atoms with Crippen LogP contribution in [0, 0.1) is 13.8 Å². The monoisotopic (exact) mass is 420 g/mol. The molecule has 2 fully saturated rings. The van der Waals surface area contributed by atoms with Gasteiger partial charge in [0.2, 0.25) is 0 Å². The number of aromatic nitrogens is 3. The third-order valence-corrected chi connectivity index (χ3v) is 6.24. The minimum absolute atomic E-state index is 0.0954. The van der Waals surface area contributed by atoms with E-state index in [1.165, 1.54) is 0 Å². The van der Waals surface area contributed by atoms with Gasteiger partial charge in [-0.2, -0.15) is 0 Å². The van der Waals surface area contributed by atoms with Crippen molar-refractivity contribution in [3.63, 3.8) is 0 Å². The molecule has 0 aliphatic carbocycles. The molecular weight excluding hydrogens is 388 g/mol. The first kappa shape index (κ1) is 21.5. The molecule has 7 heteroatoms. The number of nitrogens with one attached hydrogen (secondary N) is 1. The van der Waals surface area contributed by atoms with Crippen LogP contribution >= 0.6 is 0 Å². The summed E-state index contributed by atoms with van der Waals surface area (Å²) < 4.78 is 2.13. The number of rotatable bonds is 5. The minimum atomic E-state index is -0.139. The lowest BCUT2D eigenvalue weighted by atomic mass is 9.91. The van der Waals surface area contributed by atoms with Gasteiger partial charge in [0.15, 0.2) is 0 Å². The van der Waals surface area contributed by atoms with E-state index in [-0.39, 0.29) is 17.9 Å². The summed E-state index contributed by atoms with van der Waals surface area (Å²) in [5, 5.41) is 3.70. The van der Waals surface area contributed by atoms with Gasteiger partial charge in [-0.25, -0.2) is 4.98 Å². The lowest BCUT2D eigenvalue weighted by molar-refractivity contribution is -0.121. The number of ketones is 1. The number of hydrogen-bond acceptors (Lipinski definition) is 6. The third-order valence-electron chi connectivity index (χ3n) is 6.24. The quantitative estimate of drug-likeness (QED) is 0.750. The molecule has 2 saturated heterocycles. The van der Waals surface area contributed by atoms with Crippen LogP contribution in [-0.2, 0) is 4.79 Å². The van der Waals surface area contributed by atoms with Gasteiger partial charge in [-0.1, -0.05) is 18.7 Å². The van der Waals surface area contributed by atoms with E-state index < -0.39 is 0 Å². The standard InChI is InChI=1S/C24H32N6O/c1-5-6-10-30-18(3)26-23(24(30)29-13-11-28(4)12-14-29)21-16-19(31)15-20(27-21)22-17(2)8-7-9-25-22/h5-10,20-21,27H,1,11-16H2,2-4H3/b10-6-. The summed E-state index contributed by atoms with van der Waals surface area (Å²) in [5.74, 6) is 2.23. The number of allylic oxidation sites excluding steroid dienone is 2. The zero-order chi connectivity index (χ0) is 22.0. The fourth-order valence-corrected chi connectivity index (χ4v) is 4.56. The average molecular weight is 421 g/mol. The Balaban J connectivity index is 1.72. The Kier molecular flexibility index (Phi) is 6.34. The molecule has 4 rings (SSSR count). The zero-order valence-corrected chi connectivity index (χ0v) is 18.7. The summed E-state index contributed by atoms with van der Waals surface area (Å²) in [5.41, 5.74) is 3.00. The number of imidazole rings is 1. The van der Waals surface area contributed by atoms with Crippen LogP contribution in [0.5, 0.6) is 0 Å². The van der Waals surface area contributed by atoms with Crippen molar-refractivity contribution in [3.05, 3.63) is 59.8 Å². The van der Waals surface area contributed by atoms with E-state index in [4.69, 9.17) is 4.98 Å². The largest absolute Gasteiger partial charge is 0.354 e. The SMILES string of the molecule is C=C/C=C\n1c(C)nc(C2CC(=O)CC(c3ncccc3C)N2)c1N1CCN(C)CC1. The lowest BCUT2D eigenvalue weighted by Crippen LogP contribution is -2.46. The highest BCUT2D eigenvalue weighted by Gasteiger charge is 2.35. The number of pyridine rings is 1. The molecule has 164 valence electrons. The number of aryl methyl sites for hydroxylation is 2. The second-order valence-electron chi connectivity index (χ2n) is 8.53. The molecule has 4 heterocycles. The smallest absolute Gasteiger partial charge is 0.138 e. The van der Waals surface area contributed by atoms with E-state index >= 15 is 0 Å². The van der Waals surface area contributed by atoms with E-state index in [0.717, 1.165) is 54.8 Å². The number of nitrogens with zero attached hydrogens (tertiary/aromatic N) is 5. The summed E-state index contributed by atoms with van der Waals surface area (Å²) in [4.78, 5) is 27.0. The summed E-state index contributed by atoms with van der Waals surface area (Å²) >= 11 is 0. The highest BCUT2D eigenvalue weighted by molar-refractivity contribution is 5.81. The fraction of sp³-hybridized carbons (Fsp3) is 0.458. The molecular formula is C24H32N6O. The Hall–Kier alpha value is -2.77. The number of anilines is 1. The zero-order valence-electron chi connectivity index (χ0n) is 18.7. The molecule has 2 atom stereocenters. The van der Waals surface area contributed by atoms with Gasteiger partial charge in [0.05, 0.1) is 17.8 Å². The van der Waals surface area contributed by atoms with Crippen molar-refractivity contribution in [1.82, 2.24) is 24.8 Å². The van der Waals surface area contributed by atoms with Crippen LogP contribution in [-0.4, -0.2) is 58.4 Å². The van der Waals surface area contributed by atoms with Crippen LogP contribution in [0.15, 0.2) is 37.1 Å². The molecule has 2 unspecified atom stereocenters. The topological polar surface area (TPSA) is 66.3 Å². The van der Waals surface area contributed by atoms with Crippen molar-refractivity contribution >= 4 is 17.8 Å². The number of piperazine rings is 1. The van der Waals surface area contributed by atoms with Gasteiger partial charge in [-0.05, 0) is 38.6 Å². The van der Waals surface area contributed by atoms with Crippen molar-refractivity contribution < 1.29 is 4.79 Å². The predicted molar refractivity (Wildman–Crippen MR) is 124 cm³/mol. The Morgan fingerprint density at radius 2 is 1.84 bits per heavy atom. The van der Waals surface area contributed by atoms with E-state index in [2.05, 4.69) is 38.3 Å². The summed E-state index contributed by atoms with van der Waals surface area (Å²) in [6.45, 7) is 11.7. The number of Topliss-reactive ketones (excluding diaryl/α,β-unsaturated/α-hetero) is 1. The van der Waals surface area contributed by atoms with Crippen molar-refractivity contribution in [3.8, 4) is 0 Å². The van der Waals surface area contributed by atoms with Crippen LogP contribution in [0.1, 0.15) is 47.7 Å². The molecule has 0 saturated carbocycles. The molecule has 31 heavy (non-hydrogen) atoms. The molecule has 0 amide bonds. The Morgan fingerprint density at radius 1 is 1.13 bits per heavy atom. The fourth-order valence-electron chi connectivity index (χ4n) is 4.56. The Labute approximate surface area is 184 Å². The number of carbonyl (C=O) groups is 1. The van der Waals surface area contributed by atoms with Gasteiger partial charge >= 0.3 is 0 Å². The molecule has 2 aromatic heterocycles. The van der Waals surface area contributed by atoms with Gasteiger partial charge in [0.25, 0.3) is 0 Å². The second-order valence-corrected chi connectivity index (χ2v) is 8.53. The van der Waals surface area contributed by atoms with Gasteiger partial charge < -0.3 is 9.80 Å². The Morgan fingerprint density at radius 3 is 2.52 bits per heavy atom. The van der Waals surface area contributed by atoms with Crippen LogP contribution in [0.4, 0.5) is 5.82 Å². The molecule has 0 bridgehead atoms. The predicted octanol–water partition coefficient (Wildman–Crippen LogP) is 3.04. The van der Waals surface area contributed by atoms with Gasteiger partial charge in [-0.15, -0.1) is 0 Å². The van der Waals surface area contributed by atoms with Crippen LogP contribution in [0.2, 0.25) is 0 Å². The number of likely N-dealkylation sites (N-methyl/N-ethyl adjacent to an activating group) is 1. The molecule has 2 aliphatic heterocycles. The Bertz CT molecular complexity index is 986. The van der Waals surface area contributed by atoms with E-state index in [0.29, 0.717) is 12.8 Å². The molecule has 0 aromatic carbocycles. The normalized spacial score (nSPS) is 22.9. The van der Waals surface area contributed by atoms with Crippen LogP contribution in [0.25, 0.3) is 6.20 Å². The van der Waals surface area contributed by atoms with Crippen molar-refractivity contribution in [2.45, 2.75) is 38.8 Å². The molecule has 7 nitrogen and oxygen atoms in total. The average Bonchev–Trinajstić information content (AvgIpc) is 3.09. The number of piperidine rings is 1. The van der Waals surface area contributed by atoms with Crippen molar-refractivity contribution in [1.29, 1.82) is 0 Å². The maximum absolute atomic E-state index is 12.8. The summed E-state index contributed by atoms with van der Waals surface area (Å²) in [7, 11) is 2.15. The number of hydrogen-bond donors (Lipinski definition) is 1. The summed E-state index contributed by atoms with van der Waals surface area (Å²) in [6.07, 6.45) is 8.43. The molecule has 2 aromatic rings. The van der Waals surface area contributed by atoms with Crippen molar-refractivity contribution in [2.75, 3.05) is 38.1 Å². The second kappa shape index (κ2) is 9.16. The first-order valence-electron chi connectivity index (χ1n) is 11.0. The van der Waals surface area contributed by atoms with Crippen LogP contribution < -0.4 is 10.2 Å². The van der Waals surface area contributed by atoms with E-state index in [1.54, 1.807) is 12.3 Å². The number of carbonyl (C=O) groups excluding carboxylic acids is 1. The third kappa shape index (κ3) is 4.48. The van der Waals surface area contributed by atoms with E-state index in [9.17, 15) is 4.79 Å². The lowest BCUT2D eigenvalue weighted by Gasteiger charge is -2.36. The summed E-state index contributed by atoms with van der Waals surface area (Å²) in [6, 6.07) is 3.75. The van der Waals surface area contributed by atoms with Gasteiger partial charge in [0, 0.05) is 51.4 Å². The molecule has 2 aliphatic rings. The van der Waals surface area contributed by atoms with Crippen LogP contribution in [0.3, 0.4) is 0 Å². The first-order valence-corrected chi connectivity index (χ1v) is 11.0.